The van der Waals surface area contributed by atoms with E-state index in [4.69, 9.17) is 9.84 Å². The molecule has 1 aliphatic heterocycles. The average molecular weight is 396 g/mol. The van der Waals surface area contributed by atoms with E-state index >= 15 is 0 Å². The predicted octanol–water partition coefficient (Wildman–Crippen LogP) is 2.53. The molecular weight excluding hydrogens is 377 g/mol. The number of hydrogen-bond donors (Lipinski definition) is 2. The molecule has 2 aromatic rings. The fourth-order valence-electron chi connectivity index (χ4n) is 2.96. The third-order valence-corrected chi connectivity index (χ3v) is 4.39. The van der Waals surface area contributed by atoms with Gasteiger partial charge in [-0.15, -0.1) is 0 Å². The van der Waals surface area contributed by atoms with E-state index in [0.29, 0.717) is 12.0 Å². The lowest BCUT2D eigenvalue weighted by molar-refractivity contribution is -0.138. The summed E-state index contributed by atoms with van der Waals surface area (Å²) in [7, 11) is 0. The molecule has 28 heavy (non-hydrogen) atoms. The van der Waals surface area contributed by atoms with Crippen molar-refractivity contribution in [2.75, 3.05) is 18.1 Å². The number of urea groups is 1. The molecule has 7 nitrogen and oxygen atoms in total. The van der Waals surface area contributed by atoms with Crippen molar-refractivity contribution < 1.29 is 27.8 Å². The topological polar surface area (TPSA) is 87.6 Å². The Hall–Kier alpha value is -2.88. The summed E-state index contributed by atoms with van der Waals surface area (Å²) in [6.45, 7) is 1.51. The van der Waals surface area contributed by atoms with Crippen LogP contribution < -0.4 is 15.0 Å². The number of aliphatic hydroxyl groups is 1. The largest absolute Gasteiger partial charge is 0.486 e. The van der Waals surface area contributed by atoms with Crippen molar-refractivity contribution in [2.24, 2.45) is 0 Å². The first-order chi connectivity index (χ1) is 13.3. The summed E-state index contributed by atoms with van der Waals surface area (Å²) in [5.74, 6) is 0.298. The van der Waals surface area contributed by atoms with E-state index in [1.807, 2.05) is 0 Å². The minimum Gasteiger partial charge on any atom is -0.486 e. The Morgan fingerprint density at radius 2 is 2.04 bits per heavy atom. The van der Waals surface area contributed by atoms with Crippen LogP contribution in [0.1, 0.15) is 23.6 Å². The van der Waals surface area contributed by atoms with Crippen molar-refractivity contribution in [3.63, 3.8) is 0 Å². The zero-order valence-electron chi connectivity index (χ0n) is 15.0. The molecule has 0 bridgehead atoms. The van der Waals surface area contributed by atoms with Crippen molar-refractivity contribution in [1.29, 1.82) is 0 Å². The van der Waals surface area contributed by atoms with E-state index in [9.17, 15) is 18.0 Å². The molecule has 1 aromatic carbocycles. The van der Waals surface area contributed by atoms with Crippen molar-refractivity contribution in [1.82, 2.24) is 15.3 Å². The number of aliphatic hydroxyl groups excluding tert-OH is 1. The lowest BCUT2D eigenvalue weighted by atomic mass is 9.99. The van der Waals surface area contributed by atoms with Gasteiger partial charge in [-0.05, 0) is 18.1 Å². The number of benzene rings is 1. The molecule has 0 unspecified atom stereocenters. The highest BCUT2D eigenvalue weighted by molar-refractivity contribution is 5.92. The number of amides is 2. The van der Waals surface area contributed by atoms with Gasteiger partial charge in [0.15, 0.2) is 5.75 Å². The summed E-state index contributed by atoms with van der Waals surface area (Å²) in [5, 5.41) is 11.7. The SMILES string of the molecule is CCc1cccc(C(F)(F)F)c1COc1cnc(N2C[C@@H](CO)NC2=O)nc1. The van der Waals surface area contributed by atoms with Gasteiger partial charge >= 0.3 is 12.2 Å². The first-order valence-corrected chi connectivity index (χ1v) is 8.65. The second-order valence-electron chi connectivity index (χ2n) is 6.24. The Balaban J connectivity index is 1.73. The number of nitrogens with zero attached hydrogens (tertiary/aromatic N) is 3. The molecule has 0 saturated carbocycles. The maximum Gasteiger partial charge on any atom is 0.416 e. The van der Waals surface area contributed by atoms with E-state index in [-0.39, 0.29) is 37.0 Å². The highest BCUT2D eigenvalue weighted by Gasteiger charge is 2.34. The molecule has 1 aromatic heterocycles. The number of anilines is 1. The maximum absolute atomic E-state index is 13.3. The van der Waals surface area contributed by atoms with Crippen LogP contribution in [0, 0.1) is 0 Å². The first-order valence-electron chi connectivity index (χ1n) is 8.65. The highest BCUT2D eigenvalue weighted by atomic mass is 19.4. The standard InChI is InChI=1S/C18H19F3N4O3/c1-2-11-4-3-5-15(18(19,20)21)14(11)10-28-13-6-22-16(23-7-13)25-8-12(9-26)24-17(25)27/h3-7,12,26H,2,8-10H2,1H3,(H,24,27)/t12-/m0/s1. The molecule has 1 saturated heterocycles. The van der Waals surface area contributed by atoms with Crippen molar-refractivity contribution >= 4 is 12.0 Å². The molecule has 0 spiro atoms. The van der Waals surface area contributed by atoms with Crippen LogP contribution >= 0.6 is 0 Å². The number of aromatic nitrogens is 2. The fraction of sp³-hybridized carbons (Fsp3) is 0.389. The Bertz CT molecular complexity index is 843. The van der Waals surface area contributed by atoms with Crippen LogP contribution in [0.3, 0.4) is 0 Å². The number of carbonyl (C=O) groups is 1. The third kappa shape index (κ3) is 4.16. The van der Waals surface area contributed by atoms with Gasteiger partial charge in [0, 0.05) is 5.56 Å². The highest BCUT2D eigenvalue weighted by Crippen LogP contribution is 2.34. The molecule has 0 aliphatic carbocycles. The molecule has 1 atom stereocenters. The van der Waals surface area contributed by atoms with Gasteiger partial charge in [0.25, 0.3) is 0 Å². The van der Waals surface area contributed by atoms with Crippen LogP contribution in [-0.4, -0.2) is 40.3 Å². The summed E-state index contributed by atoms with van der Waals surface area (Å²) in [6, 6.07) is 3.21. The molecule has 3 rings (SSSR count). The first kappa shape index (κ1) is 19.9. The lowest BCUT2D eigenvalue weighted by Crippen LogP contribution is -2.30. The Kier molecular flexibility index (Phi) is 5.68. The number of halogens is 3. The number of nitrogens with one attached hydrogen (secondary N) is 1. The van der Waals surface area contributed by atoms with Crippen LogP contribution in [0.4, 0.5) is 23.9 Å². The van der Waals surface area contributed by atoms with E-state index in [1.54, 1.807) is 13.0 Å². The quantitative estimate of drug-likeness (QED) is 0.784. The van der Waals surface area contributed by atoms with Crippen LogP contribution in [0.15, 0.2) is 30.6 Å². The molecule has 10 heteroatoms. The summed E-state index contributed by atoms with van der Waals surface area (Å²) in [6.07, 6.45) is -1.45. The van der Waals surface area contributed by atoms with Gasteiger partial charge in [-0.1, -0.05) is 19.1 Å². The van der Waals surface area contributed by atoms with Gasteiger partial charge in [-0.2, -0.15) is 13.2 Å². The second kappa shape index (κ2) is 8.01. The minimum atomic E-state index is -4.48. The lowest BCUT2D eigenvalue weighted by Gasteiger charge is -2.17. The third-order valence-electron chi connectivity index (χ3n) is 4.39. The van der Waals surface area contributed by atoms with E-state index < -0.39 is 23.8 Å². The molecule has 150 valence electrons. The summed E-state index contributed by atoms with van der Waals surface area (Å²) in [4.78, 5) is 21.2. The van der Waals surface area contributed by atoms with Crippen molar-refractivity contribution in [3.05, 3.63) is 47.3 Å². The minimum absolute atomic E-state index is 0.0753. The Morgan fingerprint density at radius 1 is 1.32 bits per heavy atom. The number of aryl methyl sites for hydroxylation is 1. The van der Waals surface area contributed by atoms with Crippen molar-refractivity contribution in [2.45, 2.75) is 32.2 Å². The van der Waals surface area contributed by atoms with Gasteiger partial charge in [-0.3, -0.25) is 4.90 Å². The van der Waals surface area contributed by atoms with E-state index in [0.717, 1.165) is 6.07 Å². The summed E-state index contributed by atoms with van der Waals surface area (Å²) >= 11 is 0. The van der Waals surface area contributed by atoms with Crippen LogP contribution in [0.25, 0.3) is 0 Å². The number of rotatable bonds is 6. The van der Waals surface area contributed by atoms with Crippen LogP contribution in [0.2, 0.25) is 0 Å². The van der Waals surface area contributed by atoms with E-state index in [1.165, 1.54) is 23.4 Å². The van der Waals surface area contributed by atoms with E-state index in [2.05, 4.69) is 15.3 Å². The molecule has 2 heterocycles. The number of hydrogen-bond acceptors (Lipinski definition) is 5. The molecule has 2 amide bonds. The van der Waals surface area contributed by atoms with Gasteiger partial charge in [0.05, 0.1) is 37.2 Å². The van der Waals surface area contributed by atoms with Crippen molar-refractivity contribution in [3.8, 4) is 5.75 Å². The van der Waals surface area contributed by atoms with Gasteiger partial charge in [0.2, 0.25) is 5.95 Å². The van der Waals surface area contributed by atoms with Crippen LogP contribution in [-0.2, 0) is 19.2 Å². The Morgan fingerprint density at radius 3 is 2.61 bits per heavy atom. The smallest absolute Gasteiger partial charge is 0.416 e. The number of ether oxygens (including phenoxy) is 1. The molecule has 2 N–H and O–H groups in total. The van der Waals surface area contributed by atoms with Gasteiger partial charge in [-0.25, -0.2) is 14.8 Å². The predicted molar refractivity (Wildman–Crippen MR) is 93.9 cm³/mol. The van der Waals surface area contributed by atoms with Gasteiger partial charge in [0.1, 0.15) is 6.61 Å². The molecular formula is C18H19F3N4O3. The maximum atomic E-state index is 13.3. The van der Waals surface area contributed by atoms with Gasteiger partial charge < -0.3 is 15.2 Å². The summed E-state index contributed by atoms with van der Waals surface area (Å²) < 4.78 is 45.3. The average Bonchev–Trinajstić information content (AvgIpc) is 3.06. The summed E-state index contributed by atoms with van der Waals surface area (Å²) in [5.41, 5.74) is -0.101. The number of carbonyl (C=O) groups excluding carboxylic acids is 1. The number of alkyl halides is 3. The zero-order chi connectivity index (χ0) is 20.3. The van der Waals surface area contributed by atoms with Crippen LogP contribution in [0.5, 0.6) is 5.75 Å². The monoisotopic (exact) mass is 396 g/mol. The molecule has 1 fully saturated rings. The molecule has 1 aliphatic rings. The second-order valence-corrected chi connectivity index (χ2v) is 6.24. The fourth-order valence-corrected chi connectivity index (χ4v) is 2.96. The molecule has 0 radical (unpaired) electrons. The normalized spacial score (nSPS) is 17.0. The Labute approximate surface area is 159 Å². The zero-order valence-corrected chi connectivity index (χ0v) is 15.0.